The van der Waals surface area contributed by atoms with Crippen LogP contribution < -0.4 is 5.56 Å². The van der Waals surface area contributed by atoms with E-state index in [1.54, 1.807) is 6.92 Å². The van der Waals surface area contributed by atoms with Crippen LogP contribution in [0.1, 0.15) is 12.7 Å². The lowest BCUT2D eigenvalue weighted by molar-refractivity contribution is -0.158. The third-order valence-electron chi connectivity index (χ3n) is 2.13. The van der Waals surface area contributed by atoms with Crippen LogP contribution in [-0.2, 0) is 11.3 Å². The van der Waals surface area contributed by atoms with Gasteiger partial charge in [0, 0.05) is 6.20 Å². The van der Waals surface area contributed by atoms with Crippen LogP contribution >= 0.6 is 15.9 Å². The number of hydrogen-bond acceptors (Lipinski definition) is 4. The molecular weight excluding hydrogens is 280 g/mol. The minimum absolute atomic E-state index is 0.222. The summed E-state index contributed by atoms with van der Waals surface area (Å²) in [5, 5.41) is 18.3. The molecule has 1 aromatic rings. The summed E-state index contributed by atoms with van der Waals surface area (Å²) < 4.78 is 1.33. The fourth-order valence-electron chi connectivity index (χ4n) is 1.11. The lowest BCUT2D eigenvalue weighted by Crippen LogP contribution is -2.43. The van der Waals surface area contributed by atoms with Gasteiger partial charge in [-0.25, -0.2) is 9.78 Å². The third kappa shape index (κ3) is 2.48. The molecular formula is C9H11BrN2O4. The molecule has 0 spiro atoms. The van der Waals surface area contributed by atoms with Gasteiger partial charge < -0.3 is 10.2 Å². The number of aliphatic hydroxyl groups is 1. The molecule has 0 aliphatic carbocycles. The van der Waals surface area contributed by atoms with Crippen LogP contribution in [0.25, 0.3) is 0 Å². The van der Waals surface area contributed by atoms with Crippen molar-refractivity contribution in [1.29, 1.82) is 0 Å². The Kier molecular flexibility index (Phi) is 3.49. The van der Waals surface area contributed by atoms with Crippen molar-refractivity contribution in [1.82, 2.24) is 9.55 Å². The third-order valence-corrected chi connectivity index (χ3v) is 2.68. The molecule has 1 aromatic heterocycles. The maximum Gasteiger partial charge on any atom is 0.337 e. The number of aromatic nitrogens is 2. The molecule has 0 saturated carbocycles. The fraction of sp³-hybridized carbons (Fsp3) is 0.444. The van der Waals surface area contributed by atoms with Crippen molar-refractivity contribution < 1.29 is 15.0 Å². The monoisotopic (exact) mass is 290 g/mol. The second-order valence-electron chi connectivity index (χ2n) is 3.62. The number of nitrogens with zero attached hydrogens (tertiary/aromatic N) is 2. The van der Waals surface area contributed by atoms with Crippen LogP contribution in [0.5, 0.6) is 0 Å². The van der Waals surface area contributed by atoms with Gasteiger partial charge >= 0.3 is 5.97 Å². The van der Waals surface area contributed by atoms with Gasteiger partial charge in [0.1, 0.15) is 10.3 Å². The van der Waals surface area contributed by atoms with Gasteiger partial charge in [-0.1, -0.05) is 0 Å². The first kappa shape index (κ1) is 12.9. The van der Waals surface area contributed by atoms with E-state index in [1.165, 1.54) is 6.20 Å². The molecule has 6 nitrogen and oxygen atoms in total. The average Bonchev–Trinajstić information content (AvgIpc) is 2.18. The zero-order valence-electron chi connectivity index (χ0n) is 8.77. The van der Waals surface area contributed by atoms with E-state index in [-0.39, 0.29) is 11.0 Å². The number of aliphatic carboxylic acids is 1. The summed E-state index contributed by atoms with van der Waals surface area (Å²) >= 11 is 3.00. The Morgan fingerprint density at radius 3 is 2.75 bits per heavy atom. The Hall–Kier alpha value is -1.21. The van der Waals surface area contributed by atoms with E-state index < -0.39 is 17.1 Å². The van der Waals surface area contributed by atoms with Crippen molar-refractivity contribution in [2.75, 3.05) is 0 Å². The number of aryl methyl sites for hydroxylation is 1. The topological polar surface area (TPSA) is 92.4 Å². The summed E-state index contributed by atoms with van der Waals surface area (Å²) in [6.45, 7) is 2.34. The predicted molar refractivity (Wildman–Crippen MR) is 59.2 cm³/mol. The van der Waals surface area contributed by atoms with E-state index in [2.05, 4.69) is 20.9 Å². The predicted octanol–water partition coefficient (Wildman–Crippen LogP) is 0.150. The number of carboxylic acid groups (broad SMARTS) is 1. The molecule has 0 radical (unpaired) electrons. The average molecular weight is 291 g/mol. The Morgan fingerprint density at radius 1 is 1.69 bits per heavy atom. The quantitative estimate of drug-likeness (QED) is 0.827. The Morgan fingerprint density at radius 2 is 2.25 bits per heavy atom. The molecule has 1 heterocycles. The molecule has 0 aliphatic heterocycles. The van der Waals surface area contributed by atoms with Gasteiger partial charge in [-0.05, 0) is 29.8 Å². The molecule has 0 saturated heterocycles. The molecule has 0 fully saturated rings. The second-order valence-corrected chi connectivity index (χ2v) is 4.48. The summed E-state index contributed by atoms with van der Waals surface area (Å²) in [5.41, 5.74) is -2.43. The van der Waals surface area contributed by atoms with E-state index in [9.17, 15) is 14.7 Å². The summed E-state index contributed by atoms with van der Waals surface area (Å²) in [6.07, 6.45) is 1.34. The lowest BCUT2D eigenvalue weighted by atomic mass is 10.1. The normalized spacial score (nSPS) is 14.5. The first-order valence-electron chi connectivity index (χ1n) is 4.43. The minimum atomic E-state index is -2.00. The van der Waals surface area contributed by atoms with Crippen LogP contribution in [0.15, 0.2) is 15.5 Å². The molecule has 0 aliphatic rings. The zero-order chi connectivity index (χ0) is 12.5. The number of hydrogen-bond donors (Lipinski definition) is 2. The van der Waals surface area contributed by atoms with Crippen molar-refractivity contribution in [2.45, 2.75) is 26.0 Å². The zero-order valence-corrected chi connectivity index (χ0v) is 10.4. The van der Waals surface area contributed by atoms with Gasteiger partial charge in [-0.3, -0.25) is 9.36 Å². The first-order chi connectivity index (χ1) is 7.25. The van der Waals surface area contributed by atoms with E-state index in [4.69, 9.17) is 5.11 Å². The van der Waals surface area contributed by atoms with E-state index >= 15 is 0 Å². The summed E-state index contributed by atoms with van der Waals surface area (Å²) in [4.78, 5) is 26.3. The minimum Gasteiger partial charge on any atom is -0.479 e. The number of rotatable bonds is 3. The van der Waals surface area contributed by atoms with Gasteiger partial charge in [0.15, 0.2) is 5.60 Å². The van der Waals surface area contributed by atoms with Crippen molar-refractivity contribution in [3.05, 3.63) is 26.8 Å². The first-order valence-corrected chi connectivity index (χ1v) is 5.22. The maximum atomic E-state index is 11.7. The van der Waals surface area contributed by atoms with Crippen molar-refractivity contribution in [3.8, 4) is 0 Å². The molecule has 7 heteroatoms. The molecule has 0 bridgehead atoms. The molecule has 0 amide bonds. The number of carboxylic acids is 1. The van der Waals surface area contributed by atoms with Crippen LogP contribution in [0, 0.1) is 6.92 Å². The standard InChI is InChI=1S/C9H11BrN2O4/c1-5-11-3-6(10)7(13)12(5)4-9(2,16)8(14)15/h3,16H,4H2,1-2H3,(H,14,15). The number of carbonyl (C=O) groups is 1. The van der Waals surface area contributed by atoms with Crippen LogP contribution in [0.2, 0.25) is 0 Å². The highest BCUT2D eigenvalue weighted by atomic mass is 79.9. The molecule has 2 N–H and O–H groups in total. The highest BCUT2D eigenvalue weighted by Crippen LogP contribution is 2.09. The van der Waals surface area contributed by atoms with Gasteiger partial charge in [0.05, 0.1) is 6.54 Å². The lowest BCUT2D eigenvalue weighted by Gasteiger charge is -2.20. The number of halogens is 1. The smallest absolute Gasteiger partial charge is 0.337 e. The van der Waals surface area contributed by atoms with Gasteiger partial charge in [0.2, 0.25) is 0 Å². The van der Waals surface area contributed by atoms with Crippen LogP contribution in [0.4, 0.5) is 0 Å². The van der Waals surface area contributed by atoms with Crippen molar-refractivity contribution in [2.24, 2.45) is 0 Å². The van der Waals surface area contributed by atoms with E-state index in [0.29, 0.717) is 5.82 Å². The SMILES string of the molecule is Cc1ncc(Br)c(=O)n1CC(C)(O)C(=O)O. The summed E-state index contributed by atoms with van der Waals surface area (Å²) in [5.74, 6) is -1.05. The second kappa shape index (κ2) is 4.34. The molecule has 16 heavy (non-hydrogen) atoms. The molecule has 1 unspecified atom stereocenters. The van der Waals surface area contributed by atoms with Gasteiger partial charge in [-0.2, -0.15) is 0 Å². The molecule has 1 atom stereocenters. The highest BCUT2D eigenvalue weighted by Gasteiger charge is 2.31. The van der Waals surface area contributed by atoms with Crippen LogP contribution in [-0.4, -0.2) is 31.3 Å². The molecule has 1 rings (SSSR count). The van der Waals surface area contributed by atoms with Crippen molar-refractivity contribution in [3.63, 3.8) is 0 Å². The van der Waals surface area contributed by atoms with E-state index in [0.717, 1.165) is 11.5 Å². The molecule has 0 aromatic carbocycles. The van der Waals surface area contributed by atoms with Gasteiger partial charge in [0.25, 0.3) is 5.56 Å². The Bertz CT molecular complexity index is 481. The summed E-state index contributed by atoms with van der Waals surface area (Å²) in [6, 6.07) is 0. The van der Waals surface area contributed by atoms with Crippen LogP contribution in [0.3, 0.4) is 0 Å². The molecule has 88 valence electrons. The fourth-order valence-corrected chi connectivity index (χ4v) is 1.43. The Balaban J connectivity index is 3.21. The summed E-state index contributed by atoms with van der Waals surface area (Å²) in [7, 11) is 0. The van der Waals surface area contributed by atoms with Crippen molar-refractivity contribution >= 4 is 21.9 Å². The maximum absolute atomic E-state index is 11.7. The highest BCUT2D eigenvalue weighted by molar-refractivity contribution is 9.10. The Labute approximate surface area is 99.7 Å². The van der Waals surface area contributed by atoms with E-state index in [1.807, 2.05) is 0 Å². The van der Waals surface area contributed by atoms with Gasteiger partial charge in [-0.15, -0.1) is 0 Å². The largest absolute Gasteiger partial charge is 0.479 e.